The molecule has 1 N–H and O–H groups in total. The predicted molar refractivity (Wildman–Crippen MR) is 79.6 cm³/mol. The summed E-state index contributed by atoms with van der Waals surface area (Å²) < 4.78 is 0.802. The van der Waals surface area contributed by atoms with Gasteiger partial charge in [0.25, 0.3) is 5.91 Å². The van der Waals surface area contributed by atoms with Crippen LogP contribution in [0.25, 0.3) is 0 Å². The van der Waals surface area contributed by atoms with Gasteiger partial charge in [0, 0.05) is 24.0 Å². The van der Waals surface area contributed by atoms with Crippen LogP contribution in [0, 0.1) is 5.92 Å². The lowest BCUT2D eigenvalue weighted by Gasteiger charge is -2.21. The van der Waals surface area contributed by atoms with Crippen molar-refractivity contribution >= 4 is 27.8 Å². The van der Waals surface area contributed by atoms with Gasteiger partial charge in [0.2, 0.25) is 0 Å². The zero-order valence-corrected chi connectivity index (χ0v) is 12.8. The Labute approximate surface area is 126 Å². The molecule has 0 aromatic heterocycles. The summed E-state index contributed by atoms with van der Waals surface area (Å²) in [4.78, 5) is 25.1. The lowest BCUT2D eigenvalue weighted by Crippen LogP contribution is -2.32. The molecule has 1 heterocycles. The van der Waals surface area contributed by atoms with Gasteiger partial charge < -0.3 is 10.0 Å². The highest BCUT2D eigenvalue weighted by Gasteiger charge is 2.23. The van der Waals surface area contributed by atoms with Gasteiger partial charge in [-0.05, 0) is 53.2 Å². The molecule has 1 aromatic carbocycles. The summed E-state index contributed by atoms with van der Waals surface area (Å²) in [7, 11) is 0. The SMILES string of the molecule is O=C(O)CC1CCCN(C(=O)c2ccccc2Br)CC1. The number of carboxylic acids is 1. The smallest absolute Gasteiger partial charge is 0.303 e. The molecule has 1 saturated heterocycles. The van der Waals surface area contributed by atoms with E-state index in [1.807, 2.05) is 29.2 Å². The van der Waals surface area contributed by atoms with Crippen molar-refractivity contribution in [2.24, 2.45) is 5.92 Å². The molecule has 1 unspecified atom stereocenters. The molecule has 4 nitrogen and oxygen atoms in total. The van der Waals surface area contributed by atoms with Crippen LogP contribution in [-0.2, 0) is 4.79 Å². The van der Waals surface area contributed by atoms with Crippen molar-refractivity contribution in [3.63, 3.8) is 0 Å². The Morgan fingerprint density at radius 1 is 1.25 bits per heavy atom. The zero-order chi connectivity index (χ0) is 14.5. The minimum Gasteiger partial charge on any atom is -0.481 e. The Bertz CT molecular complexity index is 504. The molecule has 108 valence electrons. The van der Waals surface area contributed by atoms with E-state index in [1.54, 1.807) is 0 Å². The molecule has 1 fully saturated rings. The van der Waals surface area contributed by atoms with Crippen molar-refractivity contribution in [1.82, 2.24) is 4.90 Å². The lowest BCUT2D eigenvalue weighted by molar-refractivity contribution is -0.138. The van der Waals surface area contributed by atoms with Crippen LogP contribution < -0.4 is 0 Å². The van der Waals surface area contributed by atoms with Gasteiger partial charge in [0.1, 0.15) is 0 Å². The van der Waals surface area contributed by atoms with Gasteiger partial charge in [0.15, 0.2) is 0 Å². The number of carboxylic acid groups (broad SMARTS) is 1. The third-order valence-electron chi connectivity index (χ3n) is 3.70. The molecule has 1 amide bonds. The van der Waals surface area contributed by atoms with Crippen molar-refractivity contribution < 1.29 is 14.7 Å². The van der Waals surface area contributed by atoms with Crippen LogP contribution in [0.4, 0.5) is 0 Å². The second kappa shape index (κ2) is 6.88. The second-order valence-electron chi connectivity index (χ2n) is 5.17. The Balaban J connectivity index is 2.02. The maximum atomic E-state index is 12.5. The highest BCUT2D eigenvalue weighted by molar-refractivity contribution is 9.10. The molecule has 1 aliphatic rings. The van der Waals surface area contributed by atoms with Gasteiger partial charge in [-0.25, -0.2) is 0 Å². The van der Waals surface area contributed by atoms with Gasteiger partial charge in [-0.2, -0.15) is 0 Å². The molecule has 0 aliphatic carbocycles. The maximum Gasteiger partial charge on any atom is 0.303 e. The number of benzene rings is 1. The third kappa shape index (κ3) is 3.82. The maximum absolute atomic E-state index is 12.5. The van der Waals surface area contributed by atoms with Crippen molar-refractivity contribution in [3.8, 4) is 0 Å². The Morgan fingerprint density at radius 3 is 2.70 bits per heavy atom. The number of aliphatic carboxylic acids is 1. The molecule has 0 radical (unpaired) electrons. The molecule has 1 aromatic rings. The van der Waals surface area contributed by atoms with E-state index in [0.29, 0.717) is 18.7 Å². The summed E-state index contributed by atoms with van der Waals surface area (Å²) in [5, 5.41) is 8.86. The van der Waals surface area contributed by atoms with E-state index in [9.17, 15) is 9.59 Å². The van der Waals surface area contributed by atoms with Crippen LogP contribution >= 0.6 is 15.9 Å². The predicted octanol–water partition coefficient (Wildman–Crippen LogP) is 3.17. The van der Waals surface area contributed by atoms with Crippen LogP contribution in [0.15, 0.2) is 28.7 Å². The first-order chi connectivity index (χ1) is 9.58. The van der Waals surface area contributed by atoms with E-state index in [1.165, 1.54) is 0 Å². The fraction of sp³-hybridized carbons (Fsp3) is 0.467. The highest BCUT2D eigenvalue weighted by atomic mass is 79.9. The third-order valence-corrected chi connectivity index (χ3v) is 4.39. The largest absolute Gasteiger partial charge is 0.481 e. The van der Waals surface area contributed by atoms with E-state index in [0.717, 1.165) is 23.7 Å². The molecule has 2 rings (SSSR count). The van der Waals surface area contributed by atoms with Crippen LogP contribution in [0.3, 0.4) is 0 Å². The van der Waals surface area contributed by atoms with Crippen molar-refractivity contribution in [1.29, 1.82) is 0 Å². The van der Waals surface area contributed by atoms with Crippen molar-refractivity contribution in [3.05, 3.63) is 34.3 Å². The molecule has 20 heavy (non-hydrogen) atoms. The number of halogens is 1. The van der Waals surface area contributed by atoms with Gasteiger partial charge in [-0.15, -0.1) is 0 Å². The van der Waals surface area contributed by atoms with E-state index in [4.69, 9.17) is 5.11 Å². The average Bonchev–Trinajstić information content (AvgIpc) is 2.63. The number of likely N-dealkylation sites (tertiary alicyclic amines) is 1. The number of rotatable bonds is 3. The van der Waals surface area contributed by atoms with Gasteiger partial charge >= 0.3 is 5.97 Å². The summed E-state index contributed by atoms with van der Waals surface area (Å²) in [5.74, 6) is -0.543. The summed E-state index contributed by atoms with van der Waals surface area (Å²) in [5.41, 5.74) is 0.671. The standard InChI is InChI=1S/C15H18BrNO3/c16-13-6-2-1-5-12(13)15(20)17-8-3-4-11(7-9-17)10-14(18)19/h1-2,5-6,11H,3-4,7-10H2,(H,18,19). The fourth-order valence-corrected chi connectivity index (χ4v) is 3.08. The number of carbonyl (C=O) groups excluding carboxylic acids is 1. The van der Waals surface area contributed by atoms with E-state index >= 15 is 0 Å². The molecule has 1 aliphatic heterocycles. The van der Waals surface area contributed by atoms with E-state index < -0.39 is 5.97 Å². The van der Waals surface area contributed by atoms with E-state index in [2.05, 4.69) is 15.9 Å². The topological polar surface area (TPSA) is 57.6 Å². The summed E-state index contributed by atoms with van der Waals surface area (Å²) >= 11 is 3.40. The Hall–Kier alpha value is -1.36. The van der Waals surface area contributed by atoms with Gasteiger partial charge in [0.05, 0.1) is 5.56 Å². The molecule has 0 spiro atoms. The first kappa shape index (κ1) is 15.0. The molecular formula is C15H18BrNO3. The van der Waals surface area contributed by atoms with Crippen molar-refractivity contribution in [2.45, 2.75) is 25.7 Å². The highest BCUT2D eigenvalue weighted by Crippen LogP contribution is 2.23. The Kier molecular flexibility index (Phi) is 5.17. The first-order valence-corrected chi connectivity index (χ1v) is 7.63. The number of nitrogens with zero attached hydrogens (tertiary/aromatic N) is 1. The molecule has 0 bridgehead atoms. The zero-order valence-electron chi connectivity index (χ0n) is 11.2. The first-order valence-electron chi connectivity index (χ1n) is 6.83. The monoisotopic (exact) mass is 339 g/mol. The number of carbonyl (C=O) groups is 2. The number of hydrogen-bond acceptors (Lipinski definition) is 2. The minimum absolute atomic E-state index is 0.0217. The summed E-state index contributed by atoms with van der Waals surface area (Å²) in [6.07, 6.45) is 2.72. The summed E-state index contributed by atoms with van der Waals surface area (Å²) in [6.45, 7) is 1.34. The minimum atomic E-state index is -0.749. The van der Waals surface area contributed by atoms with Gasteiger partial charge in [-0.3, -0.25) is 9.59 Å². The quantitative estimate of drug-likeness (QED) is 0.920. The molecule has 1 atom stereocenters. The van der Waals surface area contributed by atoms with E-state index in [-0.39, 0.29) is 18.2 Å². The van der Waals surface area contributed by atoms with Crippen LogP contribution in [0.1, 0.15) is 36.0 Å². The molecule has 0 saturated carbocycles. The van der Waals surface area contributed by atoms with Crippen molar-refractivity contribution in [2.75, 3.05) is 13.1 Å². The summed E-state index contributed by atoms with van der Waals surface area (Å²) in [6, 6.07) is 7.40. The lowest BCUT2D eigenvalue weighted by atomic mass is 9.97. The molecule has 5 heteroatoms. The van der Waals surface area contributed by atoms with Crippen LogP contribution in [0.2, 0.25) is 0 Å². The second-order valence-corrected chi connectivity index (χ2v) is 6.02. The number of amides is 1. The van der Waals surface area contributed by atoms with Crippen LogP contribution in [-0.4, -0.2) is 35.0 Å². The number of hydrogen-bond donors (Lipinski definition) is 1. The Morgan fingerprint density at radius 2 is 2.00 bits per heavy atom. The fourth-order valence-electron chi connectivity index (χ4n) is 2.62. The van der Waals surface area contributed by atoms with Gasteiger partial charge in [-0.1, -0.05) is 12.1 Å². The average molecular weight is 340 g/mol. The normalized spacial score (nSPS) is 19.4. The van der Waals surface area contributed by atoms with Crippen LogP contribution in [0.5, 0.6) is 0 Å². The molecular weight excluding hydrogens is 322 g/mol.